The standard InChI is InChI=1S/C21H29N3O4/c1-13(21(27)24-8-2-3-9-24)22-20(26)7-5-14-4-6-16-15(10-14)19-11-17(23-16)18(25)12-28-19/h4,6,10,13,17-19,23,25H,2-3,5,7-9,11-12H2,1H3,(H,22,26)/t13?,17-,18-,19+/m1/s1. The number of aliphatic hydroxyl groups is 1. The summed E-state index contributed by atoms with van der Waals surface area (Å²) in [7, 11) is 0. The van der Waals surface area contributed by atoms with E-state index >= 15 is 0 Å². The molecule has 3 N–H and O–H groups in total. The van der Waals surface area contributed by atoms with Crippen molar-refractivity contribution in [2.24, 2.45) is 0 Å². The average Bonchev–Trinajstić information content (AvgIpc) is 3.23. The Hall–Kier alpha value is -2.12. The van der Waals surface area contributed by atoms with Crippen molar-refractivity contribution in [2.75, 3.05) is 25.0 Å². The second-order valence-electron chi connectivity index (χ2n) is 8.12. The molecule has 7 heteroatoms. The summed E-state index contributed by atoms with van der Waals surface area (Å²) in [6.45, 7) is 3.69. The predicted octanol–water partition coefficient (Wildman–Crippen LogP) is 1.36. The van der Waals surface area contributed by atoms with Gasteiger partial charge < -0.3 is 25.4 Å². The lowest BCUT2D eigenvalue weighted by Gasteiger charge is -2.40. The summed E-state index contributed by atoms with van der Waals surface area (Å²) in [5.74, 6) is -0.0927. The first-order valence-electron chi connectivity index (χ1n) is 10.3. The third-order valence-electron chi connectivity index (χ3n) is 6.01. The molecule has 0 radical (unpaired) electrons. The van der Waals surface area contributed by atoms with Crippen LogP contribution in [0.4, 0.5) is 5.69 Å². The van der Waals surface area contributed by atoms with Crippen LogP contribution in [0.2, 0.25) is 0 Å². The van der Waals surface area contributed by atoms with Gasteiger partial charge in [0.05, 0.1) is 24.9 Å². The maximum Gasteiger partial charge on any atom is 0.244 e. The molecule has 1 aromatic carbocycles. The smallest absolute Gasteiger partial charge is 0.244 e. The Kier molecular flexibility index (Phi) is 5.55. The molecule has 0 aliphatic carbocycles. The lowest BCUT2D eigenvalue weighted by molar-refractivity contribution is -0.135. The van der Waals surface area contributed by atoms with Crippen LogP contribution in [0.15, 0.2) is 18.2 Å². The summed E-state index contributed by atoms with van der Waals surface area (Å²) < 4.78 is 5.78. The van der Waals surface area contributed by atoms with Crippen molar-refractivity contribution in [3.63, 3.8) is 0 Å². The van der Waals surface area contributed by atoms with Gasteiger partial charge in [0.2, 0.25) is 11.8 Å². The summed E-state index contributed by atoms with van der Waals surface area (Å²) in [4.78, 5) is 26.4. The molecule has 3 aliphatic heterocycles. The van der Waals surface area contributed by atoms with Gasteiger partial charge in [0, 0.05) is 37.2 Å². The Morgan fingerprint density at radius 1 is 1.36 bits per heavy atom. The van der Waals surface area contributed by atoms with Crippen LogP contribution >= 0.6 is 0 Å². The van der Waals surface area contributed by atoms with Crippen LogP contribution in [-0.2, 0) is 20.7 Å². The van der Waals surface area contributed by atoms with Crippen molar-refractivity contribution in [1.29, 1.82) is 0 Å². The highest BCUT2D eigenvalue weighted by Gasteiger charge is 2.36. The average molecular weight is 387 g/mol. The van der Waals surface area contributed by atoms with Crippen LogP contribution in [-0.4, -0.2) is 59.7 Å². The van der Waals surface area contributed by atoms with Gasteiger partial charge in [-0.15, -0.1) is 0 Å². The summed E-state index contributed by atoms with van der Waals surface area (Å²) in [5, 5.41) is 16.2. The summed E-state index contributed by atoms with van der Waals surface area (Å²) in [5.41, 5.74) is 3.17. The van der Waals surface area contributed by atoms with Gasteiger partial charge >= 0.3 is 0 Å². The van der Waals surface area contributed by atoms with E-state index in [4.69, 9.17) is 4.74 Å². The van der Waals surface area contributed by atoms with Crippen LogP contribution in [0.5, 0.6) is 0 Å². The molecule has 1 aromatic rings. The Bertz CT molecular complexity index is 747. The van der Waals surface area contributed by atoms with Crippen molar-refractivity contribution in [3.05, 3.63) is 29.3 Å². The number of nitrogens with zero attached hydrogens (tertiary/aromatic N) is 1. The molecule has 7 nitrogen and oxygen atoms in total. The predicted molar refractivity (Wildman–Crippen MR) is 105 cm³/mol. The molecule has 3 aliphatic rings. The van der Waals surface area contributed by atoms with Crippen molar-refractivity contribution in [1.82, 2.24) is 10.2 Å². The van der Waals surface area contributed by atoms with Gasteiger partial charge in [-0.3, -0.25) is 9.59 Å². The number of carbonyl (C=O) groups is 2. The van der Waals surface area contributed by atoms with Crippen molar-refractivity contribution < 1.29 is 19.4 Å². The van der Waals surface area contributed by atoms with E-state index in [-0.39, 0.29) is 24.0 Å². The Balaban J connectivity index is 1.31. The number of anilines is 1. The van der Waals surface area contributed by atoms with Crippen LogP contribution in [0.1, 0.15) is 49.8 Å². The fourth-order valence-corrected chi connectivity index (χ4v) is 4.37. The van der Waals surface area contributed by atoms with E-state index < -0.39 is 12.1 Å². The molecule has 152 valence electrons. The molecule has 28 heavy (non-hydrogen) atoms. The van der Waals surface area contributed by atoms with Gasteiger partial charge in [-0.25, -0.2) is 0 Å². The number of ether oxygens (including phenoxy) is 1. The molecule has 2 saturated heterocycles. The van der Waals surface area contributed by atoms with Crippen molar-refractivity contribution in [2.45, 2.75) is 63.3 Å². The highest BCUT2D eigenvalue weighted by Crippen LogP contribution is 2.39. The van der Waals surface area contributed by atoms with Gasteiger partial charge in [-0.2, -0.15) is 0 Å². The molecule has 0 aromatic heterocycles. The van der Waals surface area contributed by atoms with Crippen molar-refractivity contribution in [3.8, 4) is 0 Å². The molecule has 4 atom stereocenters. The number of hydrogen-bond acceptors (Lipinski definition) is 5. The summed E-state index contributed by atoms with van der Waals surface area (Å²) >= 11 is 0. The minimum atomic E-state index is -0.475. The molecule has 2 bridgehead atoms. The van der Waals surface area contributed by atoms with Gasteiger partial charge in [-0.05, 0) is 37.8 Å². The fourth-order valence-electron chi connectivity index (χ4n) is 4.37. The lowest BCUT2D eigenvalue weighted by atomic mass is 9.88. The molecular weight excluding hydrogens is 358 g/mol. The Morgan fingerprint density at radius 2 is 2.14 bits per heavy atom. The number of amides is 2. The number of aryl methyl sites for hydroxylation is 1. The van der Waals surface area contributed by atoms with E-state index in [1.54, 1.807) is 6.92 Å². The van der Waals surface area contributed by atoms with E-state index in [1.807, 2.05) is 17.0 Å². The number of carbonyl (C=O) groups excluding carboxylic acids is 2. The maximum absolute atomic E-state index is 12.3. The monoisotopic (exact) mass is 387 g/mol. The minimum Gasteiger partial charge on any atom is -0.389 e. The number of nitrogens with one attached hydrogen (secondary N) is 2. The zero-order chi connectivity index (χ0) is 19.7. The largest absolute Gasteiger partial charge is 0.389 e. The number of aliphatic hydroxyl groups excluding tert-OH is 1. The SMILES string of the molecule is CC(NC(=O)CCc1ccc2c(c1)[C@@H]1C[C@@H](N2)[C@H](O)CO1)C(=O)N1CCCC1. The topological polar surface area (TPSA) is 90.9 Å². The number of fused-ring (bicyclic) bond motifs is 4. The van der Waals surface area contributed by atoms with E-state index in [0.29, 0.717) is 19.4 Å². The zero-order valence-electron chi connectivity index (χ0n) is 16.3. The first-order valence-corrected chi connectivity index (χ1v) is 10.3. The number of benzene rings is 1. The van der Waals surface area contributed by atoms with Crippen LogP contribution < -0.4 is 10.6 Å². The van der Waals surface area contributed by atoms with E-state index in [2.05, 4.69) is 16.7 Å². The molecule has 0 saturated carbocycles. The second-order valence-corrected chi connectivity index (χ2v) is 8.12. The van der Waals surface area contributed by atoms with E-state index in [0.717, 1.165) is 49.2 Å². The number of hydrogen-bond donors (Lipinski definition) is 3. The normalized spacial score (nSPS) is 26.9. The zero-order valence-corrected chi connectivity index (χ0v) is 16.3. The Labute approximate surface area is 165 Å². The maximum atomic E-state index is 12.3. The van der Waals surface area contributed by atoms with E-state index in [1.165, 1.54) is 0 Å². The van der Waals surface area contributed by atoms with Crippen LogP contribution in [0.25, 0.3) is 0 Å². The van der Waals surface area contributed by atoms with Crippen LogP contribution in [0, 0.1) is 0 Å². The molecule has 2 amide bonds. The quantitative estimate of drug-likeness (QED) is 0.710. The fraction of sp³-hybridized carbons (Fsp3) is 0.619. The third-order valence-corrected chi connectivity index (χ3v) is 6.01. The second kappa shape index (κ2) is 8.09. The lowest BCUT2D eigenvalue weighted by Crippen LogP contribution is -2.46. The van der Waals surface area contributed by atoms with Gasteiger partial charge in [0.1, 0.15) is 6.04 Å². The highest BCUT2D eigenvalue weighted by atomic mass is 16.5. The molecule has 3 heterocycles. The minimum absolute atomic E-state index is 0.00321. The van der Waals surface area contributed by atoms with Gasteiger partial charge in [0.25, 0.3) is 0 Å². The summed E-state index contributed by atoms with van der Waals surface area (Å²) in [6.07, 6.45) is 3.33. The molecule has 0 spiro atoms. The number of likely N-dealkylation sites (tertiary alicyclic amines) is 1. The highest BCUT2D eigenvalue weighted by molar-refractivity contribution is 5.87. The molecule has 2 fully saturated rings. The van der Waals surface area contributed by atoms with E-state index in [9.17, 15) is 14.7 Å². The molecule has 4 rings (SSSR count). The molecular formula is C21H29N3O4. The third kappa shape index (κ3) is 4.00. The first kappa shape index (κ1) is 19.2. The molecule has 1 unspecified atom stereocenters. The number of rotatable bonds is 5. The Morgan fingerprint density at radius 3 is 2.93 bits per heavy atom. The first-order chi connectivity index (χ1) is 13.5. The van der Waals surface area contributed by atoms with Crippen molar-refractivity contribution >= 4 is 17.5 Å². The van der Waals surface area contributed by atoms with Gasteiger partial charge in [0.15, 0.2) is 0 Å². The summed E-state index contributed by atoms with van der Waals surface area (Å²) in [6, 6.07) is 5.66. The van der Waals surface area contributed by atoms with Gasteiger partial charge in [-0.1, -0.05) is 12.1 Å². The van der Waals surface area contributed by atoms with Crippen LogP contribution in [0.3, 0.4) is 0 Å².